The first kappa shape index (κ1) is 42.1. The second-order valence-electron chi connectivity index (χ2n) is 16.5. The van der Waals surface area contributed by atoms with E-state index in [1.807, 2.05) is 13.8 Å². The number of amides is 7. The third kappa shape index (κ3) is 9.59. The maximum Gasteiger partial charge on any atom is 0.319 e. The Labute approximate surface area is 337 Å². The van der Waals surface area contributed by atoms with Crippen LogP contribution in [-0.4, -0.2) is 106 Å². The molecule has 3 fully saturated rings. The van der Waals surface area contributed by atoms with E-state index in [1.54, 1.807) is 45.0 Å². The molecule has 0 saturated carbocycles. The van der Waals surface area contributed by atoms with Crippen LogP contribution in [0.3, 0.4) is 0 Å². The quantitative estimate of drug-likeness (QED) is 0.344. The van der Waals surface area contributed by atoms with E-state index in [-0.39, 0.29) is 30.4 Å². The smallest absolute Gasteiger partial charge is 0.319 e. The molecule has 2 aromatic carbocycles. The molecule has 312 valence electrons. The highest BCUT2D eigenvalue weighted by molar-refractivity contribution is 5.98. The van der Waals surface area contributed by atoms with E-state index >= 15 is 0 Å². The van der Waals surface area contributed by atoms with Crippen LogP contribution in [0.2, 0.25) is 0 Å². The first-order valence-electron chi connectivity index (χ1n) is 20.0. The van der Waals surface area contributed by atoms with Crippen LogP contribution >= 0.6 is 0 Å². The van der Waals surface area contributed by atoms with Gasteiger partial charge in [-0.3, -0.25) is 24.0 Å². The number of nitrogens with zero attached hydrogens (tertiary/aromatic N) is 3. The van der Waals surface area contributed by atoms with E-state index in [4.69, 9.17) is 4.74 Å². The molecule has 4 N–H and O–H groups in total. The maximum atomic E-state index is 14.9. The summed E-state index contributed by atoms with van der Waals surface area (Å²) in [6.07, 6.45) is 4.04. The number of aryl methyl sites for hydroxylation is 1. The van der Waals surface area contributed by atoms with Crippen molar-refractivity contribution < 1.29 is 42.3 Å². The minimum atomic E-state index is -1.53. The van der Waals surface area contributed by atoms with E-state index in [0.717, 1.165) is 17.7 Å². The summed E-state index contributed by atoms with van der Waals surface area (Å²) in [6.45, 7) is 9.47. The van der Waals surface area contributed by atoms with E-state index in [9.17, 15) is 37.5 Å². The van der Waals surface area contributed by atoms with Gasteiger partial charge in [-0.05, 0) is 102 Å². The van der Waals surface area contributed by atoms with Crippen molar-refractivity contribution in [3.63, 3.8) is 0 Å². The maximum absolute atomic E-state index is 14.9. The highest BCUT2D eigenvalue weighted by atomic mass is 19.1. The van der Waals surface area contributed by atoms with E-state index in [2.05, 4.69) is 21.3 Å². The lowest BCUT2D eigenvalue weighted by Crippen LogP contribution is -2.64. The van der Waals surface area contributed by atoms with Gasteiger partial charge in [-0.25, -0.2) is 13.6 Å². The summed E-state index contributed by atoms with van der Waals surface area (Å²) in [4.78, 5) is 89.0. The molecule has 0 aliphatic carbocycles. The number of anilines is 1. The fraction of sp³-hybridized carbons (Fsp3) is 0.524. The first-order chi connectivity index (χ1) is 27.5. The minimum Gasteiger partial charge on any atom is -0.491 e. The molecule has 0 bridgehead atoms. The highest BCUT2D eigenvalue weighted by Crippen LogP contribution is 2.31. The molecule has 4 aliphatic rings. The molecule has 0 spiro atoms. The predicted octanol–water partition coefficient (Wildman–Crippen LogP) is 3.89. The van der Waals surface area contributed by atoms with Crippen molar-refractivity contribution >= 4 is 41.3 Å². The zero-order chi connectivity index (χ0) is 41.9. The van der Waals surface area contributed by atoms with Gasteiger partial charge in [0.2, 0.25) is 29.5 Å². The summed E-state index contributed by atoms with van der Waals surface area (Å²) >= 11 is 0. The second kappa shape index (κ2) is 17.5. The van der Waals surface area contributed by atoms with Gasteiger partial charge in [0, 0.05) is 37.8 Å². The monoisotopic (exact) mass is 805 g/mol. The van der Waals surface area contributed by atoms with Crippen LogP contribution in [0.15, 0.2) is 54.4 Å². The SMILES string of the molecule is Cc1ccc(NC(=O)N[C@@H](Cc2cc(F)cc(F)c2)C(=O)N[C@@H]2C(=O)N3CCC[C@H]3C(=O)N3CCCC[C@H]3C(=O)N[C@@H](C)C(=O)N3C[C@H](C)C/C3=C/OC2(C)C)cc1. The Morgan fingerprint density at radius 3 is 2.26 bits per heavy atom. The molecule has 4 heterocycles. The largest absolute Gasteiger partial charge is 0.491 e. The Hall–Kier alpha value is -5.54. The lowest BCUT2D eigenvalue weighted by atomic mass is 9.95. The van der Waals surface area contributed by atoms with Crippen molar-refractivity contribution in [2.45, 2.75) is 115 Å². The highest BCUT2D eigenvalue weighted by Gasteiger charge is 2.48. The van der Waals surface area contributed by atoms with Crippen molar-refractivity contribution in [1.29, 1.82) is 0 Å². The van der Waals surface area contributed by atoms with Crippen molar-refractivity contribution in [3.05, 3.63) is 77.2 Å². The number of hydrogen-bond donors (Lipinski definition) is 4. The summed E-state index contributed by atoms with van der Waals surface area (Å²) < 4.78 is 35.1. The molecule has 0 unspecified atom stereocenters. The number of hydrogen-bond acceptors (Lipinski definition) is 7. The number of allylic oxidation sites excluding steroid dienone is 1. The van der Waals surface area contributed by atoms with Gasteiger partial charge in [0.15, 0.2) is 0 Å². The van der Waals surface area contributed by atoms with Crippen LogP contribution in [0.25, 0.3) is 0 Å². The Bertz CT molecular complexity index is 1940. The number of carbonyl (C=O) groups excluding carboxylic acids is 6. The van der Waals surface area contributed by atoms with Gasteiger partial charge in [-0.1, -0.05) is 24.6 Å². The summed E-state index contributed by atoms with van der Waals surface area (Å²) in [5.41, 5.74) is 0.439. The Morgan fingerprint density at radius 2 is 1.55 bits per heavy atom. The summed E-state index contributed by atoms with van der Waals surface area (Å²) in [7, 11) is 0. The van der Waals surface area contributed by atoms with Crippen LogP contribution < -0.4 is 21.3 Å². The lowest BCUT2D eigenvalue weighted by molar-refractivity contribution is -0.153. The standard InChI is InChI=1S/C42H53F2N7O7/c1-24-11-13-30(14-12-24)46-41(57)47-32(20-27-18-28(43)21-29(44)19-27)36(52)48-35-40(56)50-16-8-10-34(50)39(55)49-15-7-6-9-33(49)37(53)45-26(3)38(54)51-22-25(2)17-31(51)23-58-42(35,4)5/h11-14,18-19,21,23,25-26,32-35H,6-10,15-17,20,22H2,1-5H3,(H,45,53)(H,48,52)(H2,46,47,57)/b31-23-/t25-,26+,32+,33+,34+,35-/m1/s1. The molecule has 0 radical (unpaired) electrons. The molecule has 0 aromatic heterocycles. The molecular formula is C42H53F2N7O7. The Morgan fingerprint density at radius 1 is 0.897 bits per heavy atom. The number of rotatable bonds is 6. The first-order valence-corrected chi connectivity index (χ1v) is 20.0. The number of piperidine rings is 1. The zero-order valence-corrected chi connectivity index (χ0v) is 33.6. The topological polar surface area (TPSA) is 169 Å². The molecule has 58 heavy (non-hydrogen) atoms. The van der Waals surface area contributed by atoms with E-state index in [0.29, 0.717) is 69.1 Å². The van der Waals surface area contributed by atoms with Crippen LogP contribution in [0.1, 0.15) is 77.3 Å². The Balaban J connectivity index is 1.36. The van der Waals surface area contributed by atoms with Gasteiger partial charge < -0.3 is 40.7 Å². The van der Waals surface area contributed by atoms with Crippen LogP contribution in [-0.2, 0) is 35.1 Å². The lowest BCUT2D eigenvalue weighted by Gasteiger charge is -2.41. The van der Waals surface area contributed by atoms with Crippen molar-refractivity contribution in [2.24, 2.45) is 5.92 Å². The number of urea groups is 1. The molecule has 3 saturated heterocycles. The van der Waals surface area contributed by atoms with Gasteiger partial charge in [-0.15, -0.1) is 0 Å². The number of carbonyl (C=O) groups is 6. The number of ether oxygens (including phenoxy) is 1. The summed E-state index contributed by atoms with van der Waals surface area (Å²) in [5, 5.41) is 10.9. The second-order valence-corrected chi connectivity index (χ2v) is 16.5. The van der Waals surface area contributed by atoms with Crippen LogP contribution in [0.5, 0.6) is 0 Å². The summed E-state index contributed by atoms with van der Waals surface area (Å²) in [5.74, 6) is -4.43. The molecule has 2 aromatic rings. The van der Waals surface area contributed by atoms with Crippen LogP contribution in [0, 0.1) is 24.5 Å². The molecular weight excluding hydrogens is 752 g/mol. The Kier molecular flexibility index (Phi) is 12.7. The number of fused-ring (bicyclic) bond motifs is 3. The molecule has 6 rings (SSSR count). The average Bonchev–Trinajstić information content (AvgIpc) is 3.82. The third-order valence-electron chi connectivity index (χ3n) is 11.3. The molecule has 16 heteroatoms. The van der Waals surface area contributed by atoms with E-state index < -0.39 is 77.1 Å². The van der Waals surface area contributed by atoms with Gasteiger partial charge in [0.05, 0.1) is 5.70 Å². The number of halogens is 2. The van der Waals surface area contributed by atoms with Gasteiger partial charge in [0.25, 0.3) is 0 Å². The normalized spacial score (nSPS) is 26.6. The van der Waals surface area contributed by atoms with Gasteiger partial charge in [-0.2, -0.15) is 0 Å². The molecule has 14 nitrogen and oxygen atoms in total. The zero-order valence-electron chi connectivity index (χ0n) is 33.6. The molecule has 7 amide bonds. The number of benzene rings is 2. The molecule has 6 atom stereocenters. The predicted molar refractivity (Wildman–Crippen MR) is 210 cm³/mol. The van der Waals surface area contributed by atoms with Crippen molar-refractivity contribution in [3.8, 4) is 0 Å². The van der Waals surface area contributed by atoms with Gasteiger partial charge in [0.1, 0.15) is 53.7 Å². The molecule has 4 aliphatic heterocycles. The third-order valence-corrected chi connectivity index (χ3v) is 11.3. The van der Waals surface area contributed by atoms with Gasteiger partial charge >= 0.3 is 6.03 Å². The number of nitrogens with one attached hydrogen (secondary N) is 4. The van der Waals surface area contributed by atoms with Crippen LogP contribution in [0.4, 0.5) is 19.3 Å². The minimum absolute atomic E-state index is 0.0476. The van der Waals surface area contributed by atoms with Crippen molar-refractivity contribution in [2.75, 3.05) is 25.0 Å². The summed E-state index contributed by atoms with van der Waals surface area (Å²) in [6, 6.07) is 3.28. The van der Waals surface area contributed by atoms with Crippen molar-refractivity contribution in [1.82, 2.24) is 30.7 Å². The van der Waals surface area contributed by atoms with E-state index in [1.165, 1.54) is 21.0 Å². The fourth-order valence-corrected chi connectivity index (χ4v) is 8.22. The fourth-order valence-electron chi connectivity index (χ4n) is 8.22. The average molecular weight is 806 g/mol.